The molecule has 134 valence electrons. The summed E-state index contributed by atoms with van der Waals surface area (Å²) >= 11 is 0. The molecule has 0 unspecified atom stereocenters. The quantitative estimate of drug-likeness (QED) is 0.739. The van der Waals surface area contributed by atoms with E-state index < -0.39 is 0 Å². The molecular weight excluding hydrogens is 333 g/mol. The predicted molar refractivity (Wildman–Crippen MR) is 97.1 cm³/mol. The molecule has 0 fully saturated rings. The highest BCUT2D eigenvalue weighted by molar-refractivity contribution is 5.94. The molecule has 1 heterocycles. The molecule has 3 aromatic rings. The third-order valence-electron chi connectivity index (χ3n) is 4.03. The van der Waals surface area contributed by atoms with Gasteiger partial charge in [0.2, 0.25) is 0 Å². The van der Waals surface area contributed by atoms with E-state index in [4.69, 9.17) is 4.74 Å². The average molecular weight is 353 g/mol. The Bertz CT molecular complexity index is 890. The van der Waals surface area contributed by atoms with Crippen molar-refractivity contribution in [3.05, 3.63) is 77.9 Å². The van der Waals surface area contributed by atoms with Gasteiger partial charge in [-0.3, -0.25) is 4.79 Å². The highest BCUT2D eigenvalue weighted by Gasteiger charge is 2.14. The molecule has 6 heteroatoms. The van der Waals surface area contributed by atoms with Gasteiger partial charge >= 0.3 is 0 Å². The van der Waals surface area contributed by atoms with Crippen molar-refractivity contribution in [2.45, 2.75) is 19.4 Å². The zero-order chi connectivity index (χ0) is 18.5. The van der Waals surface area contributed by atoms with E-state index in [1.165, 1.54) is 18.3 Å². The molecule has 0 radical (unpaired) electrons. The van der Waals surface area contributed by atoms with Crippen molar-refractivity contribution in [3.8, 4) is 11.4 Å². The van der Waals surface area contributed by atoms with Crippen molar-refractivity contribution >= 4 is 5.91 Å². The van der Waals surface area contributed by atoms with Crippen molar-refractivity contribution < 1.29 is 13.9 Å². The summed E-state index contributed by atoms with van der Waals surface area (Å²) in [5, 5.41) is 7.13. The van der Waals surface area contributed by atoms with Crippen LogP contribution in [0.2, 0.25) is 0 Å². The number of nitrogens with one attached hydrogen (secondary N) is 1. The molecular formula is C20H20FN3O2. The summed E-state index contributed by atoms with van der Waals surface area (Å²) in [5.41, 5.74) is 2.17. The highest BCUT2D eigenvalue weighted by atomic mass is 19.1. The molecule has 0 bridgehead atoms. The van der Waals surface area contributed by atoms with Crippen molar-refractivity contribution in [2.24, 2.45) is 0 Å². The van der Waals surface area contributed by atoms with Crippen LogP contribution in [-0.4, -0.2) is 28.8 Å². The molecule has 5 nitrogen and oxygen atoms in total. The van der Waals surface area contributed by atoms with E-state index in [1.54, 1.807) is 30.1 Å². The maximum Gasteiger partial charge on any atom is 0.254 e. The number of halogens is 1. The van der Waals surface area contributed by atoms with Gasteiger partial charge in [-0.15, -0.1) is 0 Å². The summed E-state index contributed by atoms with van der Waals surface area (Å²) in [5.74, 6) is 0.280. The van der Waals surface area contributed by atoms with Crippen LogP contribution < -0.4 is 10.1 Å². The first-order chi connectivity index (χ1) is 12.6. The van der Waals surface area contributed by atoms with E-state index >= 15 is 0 Å². The molecule has 0 aliphatic carbocycles. The minimum atomic E-state index is -0.316. The number of hydrogen-bond acceptors (Lipinski definition) is 3. The van der Waals surface area contributed by atoms with Gasteiger partial charge in [-0.2, -0.15) is 5.10 Å². The number of hydrogen-bond donors (Lipinski definition) is 1. The summed E-state index contributed by atoms with van der Waals surface area (Å²) in [6.45, 7) is 1.94. The van der Waals surface area contributed by atoms with Gasteiger partial charge in [0.05, 0.1) is 24.6 Å². The minimum absolute atomic E-state index is 0.0760. The van der Waals surface area contributed by atoms with Gasteiger partial charge in [-0.05, 0) is 49.2 Å². The molecule has 1 N–H and O–H groups in total. The van der Waals surface area contributed by atoms with E-state index in [0.717, 1.165) is 11.3 Å². The van der Waals surface area contributed by atoms with E-state index in [2.05, 4.69) is 10.4 Å². The molecule has 0 spiro atoms. The lowest BCUT2D eigenvalue weighted by molar-refractivity contribution is 0.0940. The second-order valence-corrected chi connectivity index (χ2v) is 6.04. The summed E-state index contributed by atoms with van der Waals surface area (Å²) in [6, 6.07) is 13.6. The minimum Gasteiger partial charge on any atom is -0.496 e. The van der Waals surface area contributed by atoms with Crippen LogP contribution in [0.1, 0.15) is 22.8 Å². The molecule has 0 saturated carbocycles. The average Bonchev–Trinajstić information content (AvgIpc) is 3.13. The Morgan fingerprint density at radius 2 is 1.96 bits per heavy atom. The molecule has 0 aliphatic heterocycles. The molecule has 1 atom stereocenters. The van der Waals surface area contributed by atoms with Crippen LogP contribution in [0.4, 0.5) is 4.39 Å². The number of amides is 1. The number of methoxy groups -OCH3 is 1. The summed E-state index contributed by atoms with van der Waals surface area (Å²) < 4.78 is 19.9. The lowest BCUT2D eigenvalue weighted by Crippen LogP contribution is -2.34. The molecule has 0 aliphatic rings. The van der Waals surface area contributed by atoms with E-state index in [9.17, 15) is 9.18 Å². The largest absolute Gasteiger partial charge is 0.496 e. The lowest BCUT2D eigenvalue weighted by atomic mass is 10.1. The predicted octanol–water partition coefficient (Wildman–Crippen LogP) is 3.38. The Hall–Kier alpha value is -3.15. The van der Waals surface area contributed by atoms with Gasteiger partial charge in [-0.1, -0.05) is 18.2 Å². The fourth-order valence-corrected chi connectivity index (χ4v) is 2.73. The van der Waals surface area contributed by atoms with Crippen LogP contribution in [0.5, 0.6) is 5.75 Å². The van der Waals surface area contributed by atoms with Crippen LogP contribution in [-0.2, 0) is 6.42 Å². The van der Waals surface area contributed by atoms with Crippen molar-refractivity contribution in [1.82, 2.24) is 15.1 Å². The van der Waals surface area contributed by atoms with Gasteiger partial charge in [-0.25, -0.2) is 9.07 Å². The van der Waals surface area contributed by atoms with Gasteiger partial charge in [0.25, 0.3) is 5.91 Å². The van der Waals surface area contributed by atoms with Crippen molar-refractivity contribution in [1.29, 1.82) is 0 Å². The number of aromatic nitrogens is 2. The first-order valence-electron chi connectivity index (χ1n) is 8.30. The fraction of sp³-hybridized carbons (Fsp3) is 0.200. The number of benzene rings is 2. The molecule has 2 aromatic carbocycles. The van der Waals surface area contributed by atoms with Crippen molar-refractivity contribution in [2.75, 3.05) is 7.11 Å². The standard InChI is InChI=1S/C20H20FN3O2/c1-14(11-15-5-3-4-6-19(15)26-2)23-20(25)16-12-22-24(13-16)18-9-7-17(21)8-10-18/h3-10,12-14H,11H2,1-2H3,(H,23,25)/t14-/m0/s1. The van der Waals surface area contributed by atoms with Crippen LogP contribution in [0.3, 0.4) is 0 Å². The monoisotopic (exact) mass is 353 g/mol. The summed E-state index contributed by atoms with van der Waals surface area (Å²) in [6.07, 6.45) is 3.77. The van der Waals surface area contributed by atoms with Gasteiger partial charge in [0.1, 0.15) is 11.6 Å². The number of ether oxygens (including phenoxy) is 1. The topological polar surface area (TPSA) is 56.1 Å². The lowest BCUT2D eigenvalue weighted by Gasteiger charge is -2.15. The van der Waals surface area contributed by atoms with Crippen LogP contribution >= 0.6 is 0 Å². The third-order valence-corrected chi connectivity index (χ3v) is 4.03. The van der Waals surface area contributed by atoms with Crippen LogP contribution in [0.15, 0.2) is 60.9 Å². The first-order valence-corrected chi connectivity index (χ1v) is 8.30. The van der Waals surface area contributed by atoms with E-state index in [1.807, 2.05) is 31.2 Å². The molecule has 0 saturated heterocycles. The van der Waals surface area contributed by atoms with E-state index in [0.29, 0.717) is 17.7 Å². The molecule has 3 rings (SSSR count). The molecule has 26 heavy (non-hydrogen) atoms. The zero-order valence-electron chi connectivity index (χ0n) is 14.6. The summed E-state index contributed by atoms with van der Waals surface area (Å²) in [7, 11) is 1.63. The smallest absolute Gasteiger partial charge is 0.254 e. The summed E-state index contributed by atoms with van der Waals surface area (Å²) in [4.78, 5) is 12.4. The Kier molecular flexibility index (Phi) is 5.31. The third kappa shape index (κ3) is 4.08. The number of para-hydroxylation sites is 1. The van der Waals surface area contributed by atoms with Crippen LogP contribution in [0.25, 0.3) is 5.69 Å². The first kappa shape index (κ1) is 17.7. The van der Waals surface area contributed by atoms with Crippen LogP contribution in [0, 0.1) is 5.82 Å². The second kappa shape index (κ2) is 7.82. The zero-order valence-corrected chi connectivity index (χ0v) is 14.6. The van der Waals surface area contributed by atoms with Crippen molar-refractivity contribution in [3.63, 3.8) is 0 Å². The van der Waals surface area contributed by atoms with Gasteiger partial charge < -0.3 is 10.1 Å². The Morgan fingerprint density at radius 3 is 2.69 bits per heavy atom. The number of nitrogens with zero attached hydrogens (tertiary/aromatic N) is 2. The maximum absolute atomic E-state index is 13.0. The molecule has 1 aromatic heterocycles. The number of carbonyl (C=O) groups is 1. The Balaban J connectivity index is 1.65. The Morgan fingerprint density at radius 1 is 1.23 bits per heavy atom. The Labute approximate surface area is 151 Å². The maximum atomic E-state index is 13.0. The fourth-order valence-electron chi connectivity index (χ4n) is 2.73. The normalized spacial score (nSPS) is 11.8. The van der Waals surface area contributed by atoms with E-state index in [-0.39, 0.29) is 17.8 Å². The van der Waals surface area contributed by atoms with Gasteiger partial charge in [0, 0.05) is 12.2 Å². The molecule has 1 amide bonds. The highest BCUT2D eigenvalue weighted by Crippen LogP contribution is 2.19. The number of carbonyl (C=O) groups excluding carboxylic acids is 1. The SMILES string of the molecule is COc1ccccc1C[C@H](C)NC(=O)c1cnn(-c2ccc(F)cc2)c1. The van der Waals surface area contributed by atoms with Gasteiger partial charge in [0.15, 0.2) is 0 Å². The number of rotatable bonds is 6. The second-order valence-electron chi connectivity index (χ2n) is 6.04.